The molecule has 7 heteroatoms. The van der Waals surface area contributed by atoms with Gasteiger partial charge in [-0.3, -0.25) is 14.4 Å². The molecule has 1 aromatic carbocycles. The number of benzene rings is 1. The van der Waals surface area contributed by atoms with E-state index in [9.17, 15) is 24.6 Å². The van der Waals surface area contributed by atoms with E-state index in [4.69, 9.17) is 5.73 Å². The molecule has 1 aromatic rings. The minimum Gasteiger partial charge on any atom is -0.480 e. The lowest BCUT2D eigenvalue weighted by molar-refractivity contribution is -0.166. The highest BCUT2D eigenvalue weighted by atomic mass is 79.9. The van der Waals surface area contributed by atoms with E-state index in [2.05, 4.69) is 0 Å². The molecule has 0 fully saturated rings. The maximum atomic E-state index is 11.4. The number of carbonyl (C=O) groups excluding carboxylic acids is 1. The number of halogens is 1. The van der Waals surface area contributed by atoms with Gasteiger partial charge in [0.15, 0.2) is 5.41 Å². The topological polar surface area (TPSA) is 118 Å². The first-order valence-corrected chi connectivity index (χ1v) is 5.65. The van der Waals surface area contributed by atoms with Gasteiger partial charge < -0.3 is 15.9 Å². The molecule has 20 heavy (non-hydrogen) atoms. The Morgan fingerprint density at radius 3 is 1.95 bits per heavy atom. The van der Waals surface area contributed by atoms with Crippen LogP contribution >= 0.6 is 17.0 Å². The summed E-state index contributed by atoms with van der Waals surface area (Å²) in [6.45, 7) is -0.378. The van der Waals surface area contributed by atoms with Gasteiger partial charge in [0.25, 0.3) is 0 Å². The molecule has 0 aliphatic rings. The molecular weight excluding hydrogens is 330 g/mol. The van der Waals surface area contributed by atoms with E-state index in [1.165, 1.54) is 0 Å². The van der Waals surface area contributed by atoms with E-state index in [1.54, 1.807) is 30.3 Å². The molecule has 0 atom stereocenters. The number of rotatable bonds is 7. The molecule has 0 radical (unpaired) electrons. The summed E-state index contributed by atoms with van der Waals surface area (Å²) in [7, 11) is 0. The quantitative estimate of drug-likeness (QED) is 0.631. The molecule has 0 saturated carbocycles. The predicted octanol–water partition coefficient (Wildman–Crippen LogP) is 0.881. The Morgan fingerprint density at radius 1 is 1.05 bits per heavy atom. The Labute approximate surface area is 126 Å². The van der Waals surface area contributed by atoms with E-state index in [0.29, 0.717) is 5.56 Å². The summed E-state index contributed by atoms with van der Waals surface area (Å²) in [5, 5.41) is 18.5. The highest BCUT2D eigenvalue weighted by molar-refractivity contribution is 8.93. The van der Waals surface area contributed by atoms with Crippen LogP contribution in [0.1, 0.15) is 12.0 Å². The molecule has 0 saturated heterocycles. The first-order valence-electron chi connectivity index (χ1n) is 5.65. The highest BCUT2D eigenvalue weighted by Gasteiger charge is 2.48. The molecule has 0 aliphatic heterocycles. The van der Waals surface area contributed by atoms with Crippen LogP contribution in [-0.2, 0) is 20.8 Å². The van der Waals surface area contributed by atoms with Crippen molar-refractivity contribution in [3.05, 3.63) is 35.9 Å². The summed E-state index contributed by atoms with van der Waals surface area (Å²) in [5.74, 6) is -3.67. The summed E-state index contributed by atoms with van der Waals surface area (Å²) >= 11 is 0. The fourth-order valence-electron chi connectivity index (χ4n) is 1.81. The van der Waals surface area contributed by atoms with Crippen LogP contribution in [0, 0.1) is 5.41 Å². The molecule has 0 spiro atoms. The van der Waals surface area contributed by atoms with Crippen LogP contribution < -0.4 is 5.73 Å². The van der Waals surface area contributed by atoms with Crippen molar-refractivity contribution in [2.45, 2.75) is 12.8 Å². The summed E-state index contributed by atoms with van der Waals surface area (Å²) in [5.41, 5.74) is 3.51. The Kier molecular flexibility index (Phi) is 7.09. The summed E-state index contributed by atoms with van der Waals surface area (Å²) in [6, 6.07) is 8.32. The van der Waals surface area contributed by atoms with Crippen LogP contribution in [0.25, 0.3) is 0 Å². The van der Waals surface area contributed by atoms with Crippen LogP contribution in [-0.4, -0.2) is 34.5 Å². The van der Waals surface area contributed by atoms with Gasteiger partial charge in [-0.15, -0.1) is 17.0 Å². The second-order valence-electron chi connectivity index (χ2n) is 4.27. The molecule has 4 N–H and O–H groups in total. The van der Waals surface area contributed by atoms with Crippen LogP contribution in [0.3, 0.4) is 0 Å². The molecule has 1 rings (SSSR count). The minimum absolute atomic E-state index is 0. The SMILES string of the molecule is Br.NCC(=O)CC(Cc1ccccc1)(C(=O)O)C(=O)O. The van der Waals surface area contributed by atoms with Gasteiger partial charge in [0.1, 0.15) is 5.78 Å². The van der Waals surface area contributed by atoms with Gasteiger partial charge >= 0.3 is 11.9 Å². The second kappa shape index (κ2) is 7.76. The van der Waals surface area contributed by atoms with Crippen molar-refractivity contribution < 1.29 is 24.6 Å². The molecule has 0 aliphatic carbocycles. The van der Waals surface area contributed by atoms with E-state index in [1.807, 2.05) is 0 Å². The van der Waals surface area contributed by atoms with Crippen molar-refractivity contribution in [3.8, 4) is 0 Å². The zero-order chi connectivity index (χ0) is 14.5. The van der Waals surface area contributed by atoms with Gasteiger partial charge in [0.2, 0.25) is 0 Å². The molecule has 0 bridgehead atoms. The number of carboxylic acids is 2. The average Bonchev–Trinajstić information content (AvgIpc) is 2.38. The molecule has 0 heterocycles. The van der Waals surface area contributed by atoms with Crippen LogP contribution in [0.4, 0.5) is 0 Å². The molecule has 0 unspecified atom stereocenters. The predicted molar refractivity (Wildman–Crippen MR) is 76.9 cm³/mol. The lowest BCUT2D eigenvalue weighted by Gasteiger charge is -2.24. The van der Waals surface area contributed by atoms with Gasteiger partial charge in [-0.1, -0.05) is 30.3 Å². The summed E-state index contributed by atoms with van der Waals surface area (Å²) in [4.78, 5) is 34.1. The lowest BCUT2D eigenvalue weighted by atomic mass is 9.77. The monoisotopic (exact) mass is 345 g/mol. The third kappa shape index (κ3) is 4.14. The average molecular weight is 346 g/mol. The van der Waals surface area contributed by atoms with E-state index >= 15 is 0 Å². The maximum Gasteiger partial charge on any atom is 0.321 e. The zero-order valence-corrected chi connectivity index (χ0v) is 12.3. The lowest BCUT2D eigenvalue weighted by Crippen LogP contribution is -2.44. The first-order chi connectivity index (χ1) is 8.92. The van der Waals surface area contributed by atoms with Crippen molar-refractivity contribution in [2.24, 2.45) is 11.1 Å². The highest BCUT2D eigenvalue weighted by Crippen LogP contribution is 2.28. The van der Waals surface area contributed by atoms with Crippen LogP contribution in [0.2, 0.25) is 0 Å². The number of ketones is 1. The van der Waals surface area contributed by atoms with Crippen molar-refractivity contribution in [1.29, 1.82) is 0 Å². The number of hydrogen-bond acceptors (Lipinski definition) is 4. The van der Waals surface area contributed by atoms with Gasteiger partial charge in [0.05, 0.1) is 6.54 Å². The maximum absolute atomic E-state index is 11.4. The third-order valence-corrected chi connectivity index (χ3v) is 2.89. The van der Waals surface area contributed by atoms with Crippen molar-refractivity contribution >= 4 is 34.7 Å². The second-order valence-corrected chi connectivity index (χ2v) is 4.27. The fraction of sp³-hybridized carbons (Fsp3) is 0.308. The zero-order valence-electron chi connectivity index (χ0n) is 10.6. The van der Waals surface area contributed by atoms with E-state index < -0.39 is 29.6 Å². The van der Waals surface area contributed by atoms with Gasteiger partial charge in [-0.2, -0.15) is 0 Å². The molecular formula is C13H16BrNO5. The van der Waals surface area contributed by atoms with E-state index in [0.717, 1.165) is 0 Å². The van der Waals surface area contributed by atoms with Crippen molar-refractivity contribution in [3.63, 3.8) is 0 Å². The van der Waals surface area contributed by atoms with Crippen LogP contribution in [0.5, 0.6) is 0 Å². The van der Waals surface area contributed by atoms with Gasteiger partial charge in [-0.05, 0) is 12.0 Å². The first kappa shape index (κ1) is 18.3. The number of nitrogens with two attached hydrogens (primary N) is 1. The van der Waals surface area contributed by atoms with E-state index in [-0.39, 0.29) is 29.9 Å². The molecule has 0 amide bonds. The Morgan fingerprint density at radius 2 is 1.55 bits per heavy atom. The molecule has 110 valence electrons. The third-order valence-electron chi connectivity index (χ3n) is 2.89. The summed E-state index contributed by atoms with van der Waals surface area (Å²) < 4.78 is 0. The molecule has 6 nitrogen and oxygen atoms in total. The number of aliphatic carboxylic acids is 2. The normalized spacial score (nSPS) is 10.4. The van der Waals surface area contributed by atoms with Crippen molar-refractivity contribution in [1.82, 2.24) is 0 Å². The molecule has 0 aromatic heterocycles. The smallest absolute Gasteiger partial charge is 0.321 e. The minimum atomic E-state index is -2.17. The van der Waals surface area contributed by atoms with Crippen molar-refractivity contribution in [2.75, 3.05) is 6.54 Å². The fourth-order valence-corrected chi connectivity index (χ4v) is 1.81. The van der Waals surface area contributed by atoms with Gasteiger partial charge in [-0.25, -0.2) is 0 Å². The number of Topliss-reactive ketones (excluding diaryl/α,β-unsaturated/α-hetero) is 1. The number of carbonyl (C=O) groups is 3. The summed E-state index contributed by atoms with van der Waals surface area (Å²) in [6.07, 6.45) is -0.882. The standard InChI is InChI=1S/C13H15NO5.BrH/c14-8-10(15)7-13(11(16)17,12(18)19)6-9-4-2-1-3-5-9;/h1-5H,6-8,14H2,(H,16,17)(H,18,19);1H. The van der Waals surface area contributed by atoms with Crippen LogP contribution in [0.15, 0.2) is 30.3 Å². The Bertz CT molecular complexity index is 475. The number of hydrogen-bond donors (Lipinski definition) is 3. The number of carboxylic acid groups (broad SMARTS) is 2. The Balaban J connectivity index is 0.00000361. The Hall–Kier alpha value is -1.73. The largest absolute Gasteiger partial charge is 0.480 e. The van der Waals surface area contributed by atoms with Gasteiger partial charge in [0, 0.05) is 6.42 Å².